The van der Waals surface area contributed by atoms with Crippen molar-refractivity contribution in [2.45, 2.75) is 12.8 Å². The van der Waals surface area contributed by atoms with E-state index in [0.717, 1.165) is 6.07 Å². The molecule has 9 heteroatoms. The zero-order valence-electron chi connectivity index (χ0n) is 12.2. The Morgan fingerprint density at radius 3 is 2.87 bits per heavy atom. The number of amides is 2. The molecule has 1 aromatic carbocycles. The molecule has 0 saturated carbocycles. The van der Waals surface area contributed by atoms with E-state index in [4.69, 9.17) is 22.1 Å². The van der Waals surface area contributed by atoms with Crippen LogP contribution in [0.25, 0.3) is 0 Å². The summed E-state index contributed by atoms with van der Waals surface area (Å²) in [5.74, 6) is -1.18. The number of carbonyl (C=O) groups excluding carboxylic acids is 2. The van der Waals surface area contributed by atoms with Crippen LogP contribution >= 0.6 is 11.6 Å². The van der Waals surface area contributed by atoms with Gasteiger partial charge in [0.25, 0.3) is 5.91 Å². The Kier molecular flexibility index (Phi) is 5.38. The number of piperidine rings is 1. The summed E-state index contributed by atoms with van der Waals surface area (Å²) in [6, 6.07) is 3.94. The first kappa shape index (κ1) is 17.0. The van der Waals surface area contributed by atoms with Gasteiger partial charge in [-0.05, 0) is 25.0 Å². The number of rotatable bonds is 5. The maximum Gasteiger partial charge on any atom is 0.312 e. The van der Waals surface area contributed by atoms with Crippen LogP contribution in [0.1, 0.15) is 12.8 Å². The van der Waals surface area contributed by atoms with Crippen LogP contribution in [0.15, 0.2) is 18.2 Å². The Morgan fingerprint density at radius 2 is 2.22 bits per heavy atom. The van der Waals surface area contributed by atoms with E-state index < -0.39 is 10.8 Å². The lowest BCUT2D eigenvalue weighted by atomic mass is 9.97. The van der Waals surface area contributed by atoms with E-state index in [2.05, 4.69) is 0 Å². The van der Waals surface area contributed by atoms with Crippen molar-refractivity contribution in [2.24, 2.45) is 11.7 Å². The summed E-state index contributed by atoms with van der Waals surface area (Å²) in [7, 11) is 0. The molecule has 0 spiro atoms. The normalized spacial score (nSPS) is 17.6. The zero-order chi connectivity index (χ0) is 17.0. The molecular weight excluding hydrogens is 326 g/mol. The molecule has 1 heterocycles. The van der Waals surface area contributed by atoms with Gasteiger partial charge in [0.2, 0.25) is 5.91 Å². The predicted octanol–water partition coefficient (Wildman–Crippen LogP) is 1.35. The van der Waals surface area contributed by atoms with E-state index in [9.17, 15) is 19.7 Å². The van der Waals surface area contributed by atoms with Gasteiger partial charge < -0.3 is 15.4 Å². The highest BCUT2D eigenvalue weighted by molar-refractivity contribution is 6.30. The third kappa shape index (κ3) is 4.32. The smallest absolute Gasteiger partial charge is 0.312 e. The van der Waals surface area contributed by atoms with Crippen molar-refractivity contribution in [1.29, 1.82) is 0 Å². The Balaban J connectivity index is 1.99. The molecule has 0 aromatic heterocycles. The van der Waals surface area contributed by atoms with Crippen molar-refractivity contribution in [2.75, 3.05) is 19.7 Å². The van der Waals surface area contributed by atoms with Crippen LogP contribution in [-0.4, -0.2) is 41.3 Å². The van der Waals surface area contributed by atoms with Gasteiger partial charge in [-0.15, -0.1) is 0 Å². The number of ether oxygens (including phenoxy) is 1. The highest BCUT2D eigenvalue weighted by atomic mass is 35.5. The van der Waals surface area contributed by atoms with Crippen molar-refractivity contribution in [3.63, 3.8) is 0 Å². The average Bonchev–Trinajstić information content (AvgIpc) is 2.53. The molecule has 1 aromatic rings. The first-order valence-electron chi connectivity index (χ1n) is 7.02. The fourth-order valence-corrected chi connectivity index (χ4v) is 2.59. The Morgan fingerprint density at radius 1 is 1.48 bits per heavy atom. The predicted molar refractivity (Wildman–Crippen MR) is 82.1 cm³/mol. The van der Waals surface area contributed by atoms with Crippen LogP contribution < -0.4 is 10.5 Å². The van der Waals surface area contributed by atoms with Crippen LogP contribution in [-0.2, 0) is 9.59 Å². The third-order valence-corrected chi connectivity index (χ3v) is 3.88. The third-order valence-electron chi connectivity index (χ3n) is 3.65. The second-order valence-electron chi connectivity index (χ2n) is 5.24. The van der Waals surface area contributed by atoms with E-state index in [1.54, 1.807) is 0 Å². The van der Waals surface area contributed by atoms with Crippen molar-refractivity contribution in [3.05, 3.63) is 33.3 Å². The molecule has 2 amide bonds. The summed E-state index contributed by atoms with van der Waals surface area (Å²) < 4.78 is 5.26. The number of hydrogen-bond donors (Lipinski definition) is 1. The Bertz CT molecular complexity index is 637. The number of halogens is 1. The molecule has 2 N–H and O–H groups in total. The van der Waals surface area contributed by atoms with Gasteiger partial charge in [-0.25, -0.2) is 0 Å². The number of likely N-dealkylation sites (tertiary alicyclic amines) is 1. The SMILES string of the molecule is NC(=O)[C@@H]1CCCN(C(=O)COc2ccc(Cl)cc2[N+](=O)[O-])C1. The van der Waals surface area contributed by atoms with E-state index in [1.165, 1.54) is 17.0 Å². The molecule has 23 heavy (non-hydrogen) atoms. The summed E-state index contributed by atoms with van der Waals surface area (Å²) in [5.41, 5.74) is 4.96. The largest absolute Gasteiger partial charge is 0.477 e. The molecule has 0 aliphatic carbocycles. The summed E-state index contributed by atoms with van der Waals surface area (Å²) in [5, 5.41) is 11.2. The second-order valence-corrected chi connectivity index (χ2v) is 5.68. The molecular formula is C14H16ClN3O5. The van der Waals surface area contributed by atoms with Crippen molar-refractivity contribution >= 4 is 29.1 Å². The van der Waals surface area contributed by atoms with E-state index in [-0.39, 0.29) is 41.4 Å². The number of nitro benzene ring substituents is 1. The zero-order valence-corrected chi connectivity index (χ0v) is 13.0. The van der Waals surface area contributed by atoms with Gasteiger partial charge in [0.05, 0.1) is 10.8 Å². The molecule has 1 saturated heterocycles. The van der Waals surface area contributed by atoms with Gasteiger partial charge in [0.15, 0.2) is 12.4 Å². The highest BCUT2D eigenvalue weighted by Crippen LogP contribution is 2.30. The highest BCUT2D eigenvalue weighted by Gasteiger charge is 2.27. The molecule has 1 aliphatic rings. The van der Waals surface area contributed by atoms with Gasteiger partial charge >= 0.3 is 5.69 Å². The molecule has 1 atom stereocenters. The summed E-state index contributed by atoms with van der Waals surface area (Å²) >= 11 is 5.71. The molecule has 1 aliphatic heterocycles. The van der Waals surface area contributed by atoms with E-state index >= 15 is 0 Å². The van der Waals surface area contributed by atoms with E-state index in [1.807, 2.05) is 0 Å². The van der Waals surface area contributed by atoms with Gasteiger partial charge in [0.1, 0.15) is 0 Å². The molecule has 124 valence electrons. The lowest BCUT2D eigenvalue weighted by molar-refractivity contribution is -0.385. The van der Waals surface area contributed by atoms with E-state index in [0.29, 0.717) is 19.4 Å². The number of benzene rings is 1. The lowest BCUT2D eigenvalue weighted by Gasteiger charge is -2.31. The van der Waals surface area contributed by atoms with Crippen LogP contribution in [0.4, 0.5) is 5.69 Å². The first-order chi connectivity index (χ1) is 10.9. The standard InChI is InChI=1S/C14H16ClN3O5/c15-10-3-4-12(11(6-10)18(21)22)23-8-13(19)17-5-1-2-9(7-17)14(16)20/h3-4,6,9H,1-2,5,7-8H2,(H2,16,20)/t9-/m1/s1. The monoisotopic (exact) mass is 341 g/mol. The minimum Gasteiger partial charge on any atom is -0.477 e. The number of primary amides is 1. The van der Waals surface area contributed by atoms with Crippen molar-refractivity contribution < 1.29 is 19.2 Å². The molecule has 0 bridgehead atoms. The van der Waals surface area contributed by atoms with Gasteiger partial charge in [-0.3, -0.25) is 19.7 Å². The topological polar surface area (TPSA) is 116 Å². The number of nitro groups is 1. The molecule has 0 unspecified atom stereocenters. The van der Waals surface area contributed by atoms with Crippen molar-refractivity contribution in [3.8, 4) is 5.75 Å². The first-order valence-corrected chi connectivity index (χ1v) is 7.40. The Hall–Kier alpha value is -2.35. The number of carbonyl (C=O) groups is 2. The van der Waals surface area contributed by atoms with Gasteiger partial charge in [-0.2, -0.15) is 0 Å². The molecule has 1 fully saturated rings. The van der Waals surface area contributed by atoms with Gasteiger partial charge in [0, 0.05) is 24.2 Å². The van der Waals surface area contributed by atoms with Gasteiger partial charge in [-0.1, -0.05) is 11.6 Å². The fraction of sp³-hybridized carbons (Fsp3) is 0.429. The maximum absolute atomic E-state index is 12.1. The second kappa shape index (κ2) is 7.28. The minimum atomic E-state index is -0.629. The summed E-state index contributed by atoms with van der Waals surface area (Å²) in [6.45, 7) is 0.406. The van der Waals surface area contributed by atoms with Crippen LogP contribution in [0.5, 0.6) is 5.75 Å². The fourth-order valence-electron chi connectivity index (χ4n) is 2.42. The Labute approximate surface area is 137 Å². The van der Waals surface area contributed by atoms with Crippen molar-refractivity contribution in [1.82, 2.24) is 4.90 Å². The molecule has 2 rings (SSSR count). The molecule has 8 nitrogen and oxygen atoms in total. The quantitative estimate of drug-likeness (QED) is 0.641. The number of nitrogens with two attached hydrogens (primary N) is 1. The maximum atomic E-state index is 12.1. The molecule has 0 radical (unpaired) electrons. The van der Waals surface area contributed by atoms with Crippen LogP contribution in [0, 0.1) is 16.0 Å². The van der Waals surface area contributed by atoms with Crippen LogP contribution in [0.2, 0.25) is 5.02 Å². The number of nitrogens with zero attached hydrogens (tertiary/aromatic N) is 2. The van der Waals surface area contributed by atoms with Crippen LogP contribution in [0.3, 0.4) is 0 Å². The number of hydrogen-bond acceptors (Lipinski definition) is 5. The summed E-state index contributed by atoms with van der Waals surface area (Å²) in [6.07, 6.45) is 1.34. The summed E-state index contributed by atoms with van der Waals surface area (Å²) in [4.78, 5) is 35.2. The lowest BCUT2D eigenvalue weighted by Crippen LogP contribution is -2.45. The average molecular weight is 342 g/mol. The minimum absolute atomic E-state index is 0.0313.